The summed E-state index contributed by atoms with van der Waals surface area (Å²) in [5.41, 5.74) is 1.09. The molecule has 0 bridgehead atoms. The Kier molecular flexibility index (Phi) is 4.22. The lowest BCUT2D eigenvalue weighted by Gasteiger charge is -2.06. The van der Waals surface area contributed by atoms with Crippen LogP contribution in [-0.4, -0.2) is 39.2 Å². The predicted octanol–water partition coefficient (Wildman–Crippen LogP) is 1.02. The summed E-state index contributed by atoms with van der Waals surface area (Å²) in [7, 11) is 0. The molecule has 2 aromatic rings. The third-order valence-electron chi connectivity index (χ3n) is 2.21. The van der Waals surface area contributed by atoms with Gasteiger partial charge in [0.1, 0.15) is 0 Å². The molecule has 9 heteroatoms. The molecule has 0 aliphatic carbocycles. The maximum absolute atomic E-state index is 11.6. The largest absolute Gasteiger partial charge is 0.450 e. The van der Waals surface area contributed by atoms with Crippen LogP contribution in [0.5, 0.6) is 0 Å². The smallest absolute Gasteiger partial charge is 0.411 e. The lowest BCUT2D eigenvalue weighted by atomic mass is 10.3. The predicted molar refractivity (Wildman–Crippen MR) is 69.2 cm³/mol. The molecular formula is C11H12N6O3. The number of aromatic amines is 1. The second kappa shape index (κ2) is 6.27. The number of carbonyl (C=O) groups is 2. The van der Waals surface area contributed by atoms with Gasteiger partial charge in [-0.05, 0) is 36.4 Å². The molecular weight excluding hydrogens is 264 g/mol. The minimum atomic E-state index is -0.531. The maximum Gasteiger partial charge on any atom is 0.411 e. The zero-order chi connectivity index (χ0) is 14.4. The first-order valence-corrected chi connectivity index (χ1v) is 5.77. The van der Waals surface area contributed by atoms with Crippen molar-refractivity contribution in [3.63, 3.8) is 0 Å². The Morgan fingerprint density at radius 2 is 1.85 bits per heavy atom. The first-order valence-electron chi connectivity index (χ1n) is 5.77. The number of benzene rings is 1. The van der Waals surface area contributed by atoms with E-state index < -0.39 is 12.0 Å². The zero-order valence-electron chi connectivity index (χ0n) is 10.6. The fourth-order valence-electron chi connectivity index (χ4n) is 1.37. The van der Waals surface area contributed by atoms with Crippen LogP contribution in [-0.2, 0) is 4.74 Å². The van der Waals surface area contributed by atoms with Crippen LogP contribution in [0.15, 0.2) is 24.3 Å². The molecule has 0 saturated heterocycles. The number of aromatic nitrogens is 4. The fraction of sp³-hybridized carbons (Fsp3) is 0.182. The highest BCUT2D eigenvalue weighted by atomic mass is 16.5. The van der Waals surface area contributed by atoms with E-state index in [9.17, 15) is 9.59 Å². The number of ether oxygens (including phenoxy) is 1. The van der Waals surface area contributed by atoms with Crippen LogP contribution in [0.25, 0.3) is 0 Å². The number of hydrogen-bond acceptors (Lipinski definition) is 6. The van der Waals surface area contributed by atoms with E-state index in [0.29, 0.717) is 18.0 Å². The lowest BCUT2D eigenvalue weighted by Crippen LogP contribution is -2.15. The van der Waals surface area contributed by atoms with Crippen LogP contribution in [0.3, 0.4) is 0 Å². The normalized spacial score (nSPS) is 9.85. The van der Waals surface area contributed by atoms with Crippen molar-refractivity contribution < 1.29 is 14.3 Å². The minimum Gasteiger partial charge on any atom is -0.450 e. The Labute approximate surface area is 113 Å². The van der Waals surface area contributed by atoms with Crippen molar-refractivity contribution in [3.8, 4) is 0 Å². The van der Waals surface area contributed by atoms with Gasteiger partial charge in [0.15, 0.2) is 0 Å². The number of nitrogens with zero attached hydrogens (tertiary/aromatic N) is 3. The fourth-order valence-corrected chi connectivity index (χ4v) is 1.37. The van der Waals surface area contributed by atoms with Crippen LogP contribution >= 0.6 is 0 Å². The van der Waals surface area contributed by atoms with E-state index in [2.05, 4.69) is 31.3 Å². The molecule has 20 heavy (non-hydrogen) atoms. The SMILES string of the molecule is CCOC(=O)Nc1ccc(NC(=O)c2nn[nH]n2)cc1. The Balaban J connectivity index is 1.95. The van der Waals surface area contributed by atoms with Gasteiger partial charge in [0.25, 0.3) is 11.7 Å². The number of H-pyrrole nitrogens is 1. The third kappa shape index (κ3) is 3.51. The number of rotatable bonds is 4. The van der Waals surface area contributed by atoms with Gasteiger partial charge in [0, 0.05) is 11.4 Å². The highest BCUT2D eigenvalue weighted by molar-refractivity contribution is 6.01. The van der Waals surface area contributed by atoms with Gasteiger partial charge in [0.2, 0.25) is 0 Å². The van der Waals surface area contributed by atoms with Gasteiger partial charge in [-0.2, -0.15) is 5.21 Å². The molecule has 2 amide bonds. The van der Waals surface area contributed by atoms with E-state index in [0.717, 1.165) is 0 Å². The second-order valence-electron chi connectivity index (χ2n) is 3.61. The van der Waals surface area contributed by atoms with Crippen LogP contribution in [0.2, 0.25) is 0 Å². The van der Waals surface area contributed by atoms with Crippen LogP contribution in [0.1, 0.15) is 17.5 Å². The van der Waals surface area contributed by atoms with Crippen molar-refractivity contribution in [1.82, 2.24) is 20.6 Å². The maximum atomic E-state index is 11.6. The Morgan fingerprint density at radius 1 is 1.20 bits per heavy atom. The van der Waals surface area contributed by atoms with Gasteiger partial charge in [-0.25, -0.2) is 4.79 Å². The van der Waals surface area contributed by atoms with E-state index in [1.54, 1.807) is 31.2 Å². The summed E-state index contributed by atoms with van der Waals surface area (Å²) in [6.45, 7) is 2.01. The van der Waals surface area contributed by atoms with Gasteiger partial charge in [-0.1, -0.05) is 0 Å². The number of anilines is 2. The zero-order valence-corrected chi connectivity index (χ0v) is 10.6. The summed E-state index contributed by atoms with van der Waals surface area (Å²) in [5, 5.41) is 17.7. The van der Waals surface area contributed by atoms with Crippen molar-refractivity contribution in [1.29, 1.82) is 0 Å². The van der Waals surface area contributed by atoms with E-state index in [1.165, 1.54) is 0 Å². The molecule has 0 aliphatic rings. The molecule has 104 valence electrons. The highest BCUT2D eigenvalue weighted by Gasteiger charge is 2.10. The molecule has 0 aliphatic heterocycles. The highest BCUT2D eigenvalue weighted by Crippen LogP contribution is 2.14. The Hall–Kier alpha value is -2.97. The molecule has 0 unspecified atom stereocenters. The topological polar surface area (TPSA) is 122 Å². The summed E-state index contributed by atoms with van der Waals surface area (Å²) in [6, 6.07) is 6.50. The van der Waals surface area contributed by atoms with Crippen molar-refractivity contribution >= 4 is 23.4 Å². The van der Waals surface area contributed by atoms with Crippen molar-refractivity contribution in [2.75, 3.05) is 17.2 Å². The Morgan fingerprint density at radius 3 is 2.40 bits per heavy atom. The van der Waals surface area contributed by atoms with Crippen molar-refractivity contribution in [3.05, 3.63) is 30.1 Å². The average molecular weight is 276 g/mol. The van der Waals surface area contributed by atoms with E-state index in [-0.39, 0.29) is 5.82 Å². The summed E-state index contributed by atoms with van der Waals surface area (Å²) in [5.74, 6) is -0.538. The summed E-state index contributed by atoms with van der Waals surface area (Å²) in [6.07, 6.45) is -0.531. The number of nitrogens with one attached hydrogen (secondary N) is 3. The van der Waals surface area contributed by atoms with Crippen LogP contribution in [0, 0.1) is 0 Å². The van der Waals surface area contributed by atoms with Gasteiger partial charge in [-0.15, -0.1) is 10.2 Å². The van der Waals surface area contributed by atoms with Crippen molar-refractivity contribution in [2.45, 2.75) is 6.92 Å². The first-order chi connectivity index (χ1) is 9.69. The van der Waals surface area contributed by atoms with E-state index in [1.807, 2.05) is 0 Å². The molecule has 1 aromatic carbocycles. The van der Waals surface area contributed by atoms with Gasteiger partial charge in [0.05, 0.1) is 6.61 Å². The summed E-state index contributed by atoms with van der Waals surface area (Å²) in [4.78, 5) is 22.8. The summed E-state index contributed by atoms with van der Waals surface area (Å²) < 4.78 is 4.74. The average Bonchev–Trinajstić information content (AvgIpc) is 2.95. The molecule has 9 nitrogen and oxygen atoms in total. The van der Waals surface area contributed by atoms with Crippen molar-refractivity contribution in [2.24, 2.45) is 0 Å². The van der Waals surface area contributed by atoms with Gasteiger partial charge in [-0.3, -0.25) is 10.1 Å². The molecule has 0 atom stereocenters. The van der Waals surface area contributed by atoms with Crippen LogP contribution < -0.4 is 10.6 Å². The summed E-state index contributed by atoms with van der Waals surface area (Å²) >= 11 is 0. The Bertz CT molecular complexity index is 581. The molecule has 0 spiro atoms. The number of hydrogen-bond donors (Lipinski definition) is 3. The molecule has 3 N–H and O–H groups in total. The minimum absolute atomic E-state index is 0.0567. The monoisotopic (exact) mass is 276 g/mol. The van der Waals surface area contributed by atoms with Gasteiger partial charge >= 0.3 is 6.09 Å². The van der Waals surface area contributed by atoms with Crippen LogP contribution in [0.4, 0.5) is 16.2 Å². The third-order valence-corrected chi connectivity index (χ3v) is 2.21. The standard InChI is InChI=1S/C11H12N6O3/c1-2-20-11(19)13-8-5-3-7(4-6-8)12-10(18)9-14-16-17-15-9/h3-6H,2H2,1H3,(H,12,18)(H,13,19)(H,14,15,16,17). The van der Waals surface area contributed by atoms with E-state index in [4.69, 9.17) is 4.74 Å². The van der Waals surface area contributed by atoms with Gasteiger partial charge < -0.3 is 10.1 Å². The molecule has 1 heterocycles. The number of carbonyl (C=O) groups excluding carboxylic acids is 2. The second-order valence-corrected chi connectivity index (χ2v) is 3.61. The number of tetrazole rings is 1. The lowest BCUT2D eigenvalue weighted by molar-refractivity contribution is 0.101. The quantitative estimate of drug-likeness (QED) is 0.766. The van der Waals surface area contributed by atoms with E-state index >= 15 is 0 Å². The molecule has 0 radical (unpaired) electrons. The molecule has 2 rings (SSSR count). The molecule has 1 aromatic heterocycles. The molecule has 0 saturated carbocycles. The first kappa shape index (κ1) is 13.5. The molecule has 0 fully saturated rings. The number of amides is 2.